The molecule has 0 aliphatic carbocycles. The summed E-state index contributed by atoms with van der Waals surface area (Å²) in [5, 5.41) is 23.8. The monoisotopic (exact) mass is 438 g/mol. The molecule has 3 aromatic rings. The number of likely N-dealkylation sites (tertiary alicyclic amines) is 1. The van der Waals surface area contributed by atoms with Gasteiger partial charge in [-0.15, -0.1) is 21.5 Å². The van der Waals surface area contributed by atoms with Crippen LogP contribution in [0.1, 0.15) is 29.8 Å². The van der Waals surface area contributed by atoms with Gasteiger partial charge in [-0.2, -0.15) is 5.26 Å². The fourth-order valence-corrected chi connectivity index (χ4v) is 4.91. The first-order valence-corrected chi connectivity index (χ1v) is 11.7. The molecular formula is C21H22N6OS2. The molecule has 0 spiro atoms. The highest BCUT2D eigenvalue weighted by Gasteiger charge is 2.19. The number of hydrogen-bond acceptors (Lipinski definition) is 7. The first kappa shape index (κ1) is 20.6. The fourth-order valence-electron chi connectivity index (χ4n) is 3.40. The van der Waals surface area contributed by atoms with Crippen LogP contribution in [0, 0.1) is 11.3 Å². The summed E-state index contributed by atoms with van der Waals surface area (Å²) in [7, 11) is 0. The van der Waals surface area contributed by atoms with E-state index in [0.717, 1.165) is 30.6 Å². The lowest BCUT2D eigenvalue weighted by molar-refractivity contribution is -0.113. The zero-order chi connectivity index (χ0) is 20.8. The summed E-state index contributed by atoms with van der Waals surface area (Å²) >= 11 is 2.72. The molecule has 1 aliphatic heterocycles. The standard InChI is InChI=1S/C21H22N6OS2/c22-12-17-8-11-29-20(17)23-19(28)15-30-21-25-24-18(14-26-9-4-5-10-26)27(21)13-16-6-2-1-3-7-16/h1-3,6-8,11H,4-5,9-10,13-15H2,(H,23,28). The molecule has 30 heavy (non-hydrogen) atoms. The number of aromatic nitrogens is 3. The van der Waals surface area contributed by atoms with Gasteiger partial charge < -0.3 is 9.88 Å². The predicted octanol–water partition coefficient (Wildman–Crippen LogP) is 3.59. The van der Waals surface area contributed by atoms with Crippen molar-refractivity contribution in [3.05, 3.63) is 58.7 Å². The van der Waals surface area contributed by atoms with E-state index in [0.29, 0.717) is 17.1 Å². The summed E-state index contributed by atoms with van der Waals surface area (Å²) < 4.78 is 2.11. The van der Waals surface area contributed by atoms with E-state index in [2.05, 4.69) is 43.2 Å². The Morgan fingerprint density at radius 1 is 1.17 bits per heavy atom. The van der Waals surface area contributed by atoms with Crippen LogP contribution in [0.2, 0.25) is 0 Å². The maximum atomic E-state index is 12.4. The van der Waals surface area contributed by atoms with E-state index in [1.54, 1.807) is 11.4 Å². The first-order valence-electron chi connectivity index (χ1n) is 9.81. The molecule has 1 fully saturated rings. The van der Waals surface area contributed by atoms with Crippen LogP contribution in [0.15, 0.2) is 46.9 Å². The molecule has 1 saturated heterocycles. The van der Waals surface area contributed by atoms with Crippen LogP contribution < -0.4 is 5.32 Å². The number of rotatable bonds is 8. The minimum absolute atomic E-state index is 0.158. The molecule has 1 N–H and O–H groups in total. The minimum Gasteiger partial charge on any atom is -0.316 e. The lowest BCUT2D eigenvalue weighted by Crippen LogP contribution is -2.22. The summed E-state index contributed by atoms with van der Waals surface area (Å²) in [4.78, 5) is 14.8. The second-order valence-corrected chi connectivity index (χ2v) is 8.92. The van der Waals surface area contributed by atoms with Gasteiger partial charge in [-0.25, -0.2) is 0 Å². The Hall–Kier alpha value is -2.67. The van der Waals surface area contributed by atoms with Gasteiger partial charge in [-0.1, -0.05) is 42.1 Å². The predicted molar refractivity (Wildman–Crippen MR) is 118 cm³/mol. The molecule has 0 radical (unpaired) electrons. The Bertz CT molecular complexity index is 1030. The van der Waals surface area contributed by atoms with Crippen molar-refractivity contribution in [2.75, 3.05) is 24.2 Å². The number of thioether (sulfide) groups is 1. The first-order chi connectivity index (χ1) is 14.7. The third kappa shape index (κ3) is 5.08. The molecule has 2 aromatic heterocycles. The number of nitrogens with zero attached hydrogens (tertiary/aromatic N) is 5. The summed E-state index contributed by atoms with van der Waals surface area (Å²) in [5.74, 6) is 0.974. The van der Waals surface area contributed by atoms with Gasteiger partial charge in [-0.3, -0.25) is 9.69 Å². The van der Waals surface area contributed by atoms with Crippen LogP contribution in [-0.2, 0) is 17.9 Å². The highest BCUT2D eigenvalue weighted by atomic mass is 32.2. The van der Waals surface area contributed by atoms with Gasteiger partial charge in [0, 0.05) is 0 Å². The maximum Gasteiger partial charge on any atom is 0.235 e. The summed E-state index contributed by atoms with van der Waals surface area (Å²) in [6.07, 6.45) is 2.45. The van der Waals surface area contributed by atoms with Crippen molar-refractivity contribution in [1.82, 2.24) is 19.7 Å². The third-order valence-corrected chi connectivity index (χ3v) is 6.71. The highest BCUT2D eigenvalue weighted by Crippen LogP contribution is 2.24. The second-order valence-electron chi connectivity index (χ2n) is 7.07. The molecule has 154 valence electrons. The summed E-state index contributed by atoms with van der Waals surface area (Å²) in [6, 6.07) is 14.0. The number of anilines is 1. The van der Waals surface area contributed by atoms with Gasteiger partial charge in [0.1, 0.15) is 16.9 Å². The van der Waals surface area contributed by atoms with Crippen LogP contribution in [-0.4, -0.2) is 44.4 Å². The Labute approximate surface area is 183 Å². The zero-order valence-electron chi connectivity index (χ0n) is 16.5. The largest absolute Gasteiger partial charge is 0.316 e. The molecular weight excluding hydrogens is 416 g/mol. The van der Waals surface area contributed by atoms with E-state index in [1.807, 2.05) is 18.2 Å². The Kier molecular flexibility index (Phi) is 6.79. The van der Waals surface area contributed by atoms with Crippen molar-refractivity contribution >= 4 is 34.0 Å². The van der Waals surface area contributed by atoms with Crippen molar-refractivity contribution < 1.29 is 4.79 Å². The van der Waals surface area contributed by atoms with Gasteiger partial charge in [0.05, 0.1) is 24.4 Å². The van der Waals surface area contributed by atoms with Crippen LogP contribution in [0.3, 0.4) is 0 Å². The number of hydrogen-bond donors (Lipinski definition) is 1. The van der Waals surface area contributed by atoms with Crippen LogP contribution >= 0.6 is 23.1 Å². The van der Waals surface area contributed by atoms with Crippen LogP contribution in [0.25, 0.3) is 0 Å². The van der Waals surface area contributed by atoms with Gasteiger partial charge in [0.2, 0.25) is 5.91 Å². The molecule has 1 aromatic carbocycles. The van der Waals surface area contributed by atoms with E-state index < -0.39 is 0 Å². The smallest absolute Gasteiger partial charge is 0.235 e. The highest BCUT2D eigenvalue weighted by molar-refractivity contribution is 7.99. The minimum atomic E-state index is -0.158. The number of benzene rings is 1. The third-order valence-electron chi connectivity index (χ3n) is 4.91. The maximum absolute atomic E-state index is 12.4. The van der Waals surface area contributed by atoms with Crippen LogP contribution in [0.5, 0.6) is 0 Å². The lowest BCUT2D eigenvalue weighted by Gasteiger charge is -2.16. The molecule has 4 rings (SSSR count). The van der Waals surface area contributed by atoms with E-state index >= 15 is 0 Å². The Morgan fingerprint density at radius 2 is 1.97 bits per heavy atom. The molecule has 9 heteroatoms. The van der Waals surface area contributed by atoms with E-state index in [-0.39, 0.29) is 11.7 Å². The molecule has 1 aliphatic rings. The number of thiophene rings is 1. The van der Waals surface area contributed by atoms with Crippen molar-refractivity contribution in [1.29, 1.82) is 5.26 Å². The zero-order valence-corrected chi connectivity index (χ0v) is 18.1. The quantitative estimate of drug-likeness (QED) is 0.541. The molecule has 0 bridgehead atoms. The average Bonchev–Trinajstić information content (AvgIpc) is 3.51. The summed E-state index contributed by atoms with van der Waals surface area (Å²) in [5.41, 5.74) is 1.65. The van der Waals surface area contributed by atoms with E-state index in [1.165, 1.54) is 41.5 Å². The van der Waals surface area contributed by atoms with Gasteiger partial charge >= 0.3 is 0 Å². The van der Waals surface area contributed by atoms with E-state index in [4.69, 9.17) is 5.26 Å². The lowest BCUT2D eigenvalue weighted by atomic mass is 10.2. The van der Waals surface area contributed by atoms with Gasteiger partial charge in [0.15, 0.2) is 5.16 Å². The van der Waals surface area contributed by atoms with Gasteiger partial charge in [0.25, 0.3) is 0 Å². The molecule has 3 heterocycles. The molecule has 0 atom stereocenters. The fraction of sp³-hybridized carbons (Fsp3) is 0.333. The van der Waals surface area contributed by atoms with Gasteiger partial charge in [-0.05, 0) is 42.9 Å². The molecule has 7 nitrogen and oxygen atoms in total. The van der Waals surface area contributed by atoms with Crippen molar-refractivity contribution in [2.45, 2.75) is 31.1 Å². The number of nitriles is 1. The average molecular weight is 439 g/mol. The molecule has 0 saturated carbocycles. The molecule has 1 amide bonds. The number of amides is 1. The SMILES string of the molecule is N#Cc1ccsc1NC(=O)CSc1nnc(CN2CCCC2)n1Cc1ccccc1. The van der Waals surface area contributed by atoms with Crippen LogP contribution in [0.4, 0.5) is 5.00 Å². The summed E-state index contributed by atoms with van der Waals surface area (Å²) in [6.45, 7) is 3.62. The van der Waals surface area contributed by atoms with Crippen molar-refractivity contribution in [2.24, 2.45) is 0 Å². The number of nitrogens with one attached hydrogen (secondary N) is 1. The van der Waals surface area contributed by atoms with Crippen molar-refractivity contribution in [3.8, 4) is 6.07 Å². The van der Waals surface area contributed by atoms with E-state index in [9.17, 15) is 4.79 Å². The van der Waals surface area contributed by atoms with Crippen molar-refractivity contribution in [3.63, 3.8) is 0 Å². The molecule has 0 unspecified atom stereocenters. The number of carbonyl (C=O) groups is 1. The normalized spacial score (nSPS) is 14.0. The number of carbonyl (C=O) groups excluding carboxylic acids is 1. The second kappa shape index (κ2) is 9.89. The Morgan fingerprint density at radius 3 is 2.73 bits per heavy atom. The topological polar surface area (TPSA) is 86.8 Å². The Balaban J connectivity index is 1.46.